The van der Waals surface area contributed by atoms with E-state index in [1.165, 1.54) is 0 Å². The van der Waals surface area contributed by atoms with Crippen LogP contribution in [0.1, 0.15) is 22.5 Å². The highest BCUT2D eigenvalue weighted by Gasteiger charge is 2.10. The third-order valence-electron chi connectivity index (χ3n) is 3.76. The van der Waals surface area contributed by atoms with E-state index in [2.05, 4.69) is 25.8 Å². The van der Waals surface area contributed by atoms with Gasteiger partial charge in [0.15, 0.2) is 5.69 Å². The minimum Gasteiger partial charge on any atom is -0.351 e. The fourth-order valence-electron chi connectivity index (χ4n) is 2.44. The van der Waals surface area contributed by atoms with Crippen LogP contribution in [0.3, 0.4) is 0 Å². The van der Waals surface area contributed by atoms with E-state index in [-0.39, 0.29) is 5.91 Å². The van der Waals surface area contributed by atoms with Gasteiger partial charge in [-0.15, -0.1) is 0 Å². The van der Waals surface area contributed by atoms with Gasteiger partial charge in [0.1, 0.15) is 0 Å². The molecule has 2 heterocycles. The smallest absolute Gasteiger partial charge is 0.271 e. The molecule has 0 unspecified atom stereocenters. The summed E-state index contributed by atoms with van der Waals surface area (Å²) in [5.41, 5.74) is 3.40. The zero-order valence-corrected chi connectivity index (χ0v) is 13.9. The molecule has 0 saturated heterocycles. The molecule has 0 saturated carbocycles. The van der Waals surface area contributed by atoms with Crippen LogP contribution in [-0.4, -0.2) is 34.2 Å². The van der Waals surface area contributed by atoms with Gasteiger partial charge in [-0.25, -0.2) is 0 Å². The van der Waals surface area contributed by atoms with Gasteiger partial charge in [-0.1, -0.05) is 36.4 Å². The number of H-pyrrole nitrogens is 1. The van der Waals surface area contributed by atoms with Gasteiger partial charge in [0.05, 0.1) is 5.69 Å². The summed E-state index contributed by atoms with van der Waals surface area (Å²) in [6, 6.07) is 15.5. The Kier molecular flexibility index (Phi) is 5.90. The summed E-state index contributed by atoms with van der Waals surface area (Å²) in [5, 5.41) is 13.2. The van der Waals surface area contributed by atoms with Crippen LogP contribution in [0.5, 0.6) is 0 Å². The van der Waals surface area contributed by atoms with E-state index in [9.17, 15) is 4.79 Å². The second-order valence-electron chi connectivity index (χ2n) is 5.68. The first-order valence-corrected chi connectivity index (χ1v) is 8.31. The van der Waals surface area contributed by atoms with Crippen molar-refractivity contribution in [1.29, 1.82) is 0 Å². The average molecular weight is 335 g/mol. The Morgan fingerprint density at radius 3 is 2.76 bits per heavy atom. The number of hydrogen-bond acceptors (Lipinski definition) is 4. The van der Waals surface area contributed by atoms with Crippen molar-refractivity contribution in [2.45, 2.75) is 13.0 Å². The van der Waals surface area contributed by atoms with Crippen LogP contribution in [0.25, 0.3) is 11.3 Å². The highest BCUT2D eigenvalue weighted by Crippen LogP contribution is 2.16. The highest BCUT2D eigenvalue weighted by molar-refractivity contribution is 5.93. The van der Waals surface area contributed by atoms with Crippen molar-refractivity contribution in [1.82, 2.24) is 25.8 Å². The lowest BCUT2D eigenvalue weighted by Gasteiger charge is -2.05. The third-order valence-corrected chi connectivity index (χ3v) is 3.76. The summed E-state index contributed by atoms with van der Waals surface area (Å²) in [5.74, 6) is -0.161. The molecule has 0 bridgehead atoms. The van der Waals surface area contributed by atoms with E-state index in [1.807, 2.05) is 48.7 Å². The number of hydrogen-bond donors (Lipinski definition) is 3. The van der Waals surface area contributed by atoms with Crippen molar-refractivity contribution in [2.24, 2.45) is 0 Å². The molecule has 2 aromatic heterocycles. The second kappa shape index (κ2) is 8.75. The molecule has 0 fully saturated rings. The molecule has 6 nitrogen and oxygen atoms in total. The Balaban J connectivity index is 1.37. The minimum atomic E-state index is -0.161. The van der Waals surface area contributed by atoms with Crippen molar-refractivity contribution in [2.75, 3.05) is 13.1 Å². The van der Waals surface area contributed by atoms with Crippen LogP contribution in [0, 0.1) is 0 Å². The zero-order chi connectivity index (χ0) is 17.3. The van der Waals surface area contributed by atoms with Gasteiger partial charge in [0, 0.05) is 25.5 Å². The van der Waals surface area contributed by atoms with Crippen molar-refractivity contribution >= 4 is 5.91 Å². The quantitative estimate of drug-likeness (QED) is 0.552. The topological polar surface area (TPSA) is 82.7 Å². The number of rotatable bonds is 8. The second-order valence-corrected chi connectivity index (χ2v) is 5.68. The van der Waals surface area contributed by atoms with E-state index < -0.39 is 0 Å². The Morgan fingerprint density at radius 2 is 1.96 bits per heavy atom. The maximum absolute atomic E-state index is 12.1. The first-order valence-electron chi connectivity index (χ1n) is 8.31. The van der Waals surface area contributed by atoms with E-state index in [0.29, 0.717) is 12.2 Å². The standard InChI is InChI=1S/C19H21N5O/c25-19(18-12-17(23-24-18)16-7-2-1-3-8-16)22-11-5-10-21-14-15-6-4-9-20-13-15/h1-4,6-9,12-13,21H,5,10-11,14H2,(H,22,25)(H,23,24). The fourth-order valence-corrected chi connectivity index (χ4v) is 2.44. The van der Waals surface area contributed by atoms with Crippen molar-refractivity contribution in [3.05, 3.63) is 72.2 Å². The van der Waals surface area contributed by atoms with E-state index in [1.54, 1.807) is 12.3 Å². The molecule has 0 aliphatic heterocycles. The van der Waals surface area contributed by atoms with Gasteiger partial charge in [-0.3, -0.25) is 14.9 Å². The number of carbonyl (C=O) groups excluding carboxylic acids is 1. The lowest BCUT2D eigenvalue weighted by Crippen LogP contribution is -2.27. The number of aromatic nitrogens is 3. The normalized spacial score (nSPS) is 10.6. The van der Waals surface area contributed by atoms with E-state index in [0.717, 1.165) is 36.3 Å². The fraction of sp³-hybridized carbons (Fsp3) is 0.211. The molecule has 3 aromatic rings. The zero-order valence-electron chi connectivity index (χ0n) is 13.9. The molecule has 25 heavy (non-hydrogen) atoms. The average Bonchev–Trinajstić information content (AvgIpc) is 3.16. The summed E-state index contributed by atoms with van der Waals surface area (Å²) in [4.78, 5) is 16.2. The summed E-state index contributed by atoms with van der Waals surface area (Å²) < 4.78 is 0. The van der Waals surface area contributed by atoms with Crippen LogP contribution < -0.4 is 10.6 Å². The minimum absolute atomic E-state index is 0.161. The molecule has 128 valence electrons. The van der Waals surface area contributed by atoms with E-state index >= 15 is 0 Å². The molecule has 1 amide bonds. The van der Waals surface area contributed by atoms with Gasteiger partial charge < -0.3 is 10.6 Å². The molecule has 0 spiro atoms. The van der Waals surface area contributed by atoms with Crippen LogP contribution in [0.2, 0.25) is 0 Å². The molecule has 0 aliphatic rings. The first-order chi connectivity index (χ1) is 12.3. The molecule has 0 radical (unpaired) electrons. The molecular weight excluding hydrogens is 314 g/mol. The Labute approximate surface area is 146 Å². The number of carbonyl (C=O) groups is 1. The maximum atomic E-state index is 12.1. The van der Waals surface area contributed by atoms with Gasteiger partial charge in [-0.2, -0.15) is 5.10 Å². The number of aromatic amines is 1. The highest BCUT2D eigenvalue weighted by atomic mass is 16.1. The number of amides is 1. The number of pyridine rings is 1. The summed E-state index contributed by atoms with van der Waals surface area (Å²) in [6.45, 7) is 2.21. The van der Waals surface area contributed by atoms with Crippen LogP contribution in [0.4, 0.5) is 0 Å². The largest absolute Gasteiger partial charge is 0.351 e. The van der Waals surface area contributed by atoms with Crippen molar-refractivity contribution in [3.8, 4) is 11.3 Å². The number of nitrogens with zero attached hydrogens (tertiary/aromatic N) is 2. The van der Waals surface area contributed by atoms with Crippen molar-refractivity contribution < 1.29 is 4.79 Å². The molecule has 0 atom stereocenters. The number of nitrogens with one attached hydrogen (secondary N) is 3. The lowest BCUT2D eigenvalue weighted by molar-refractivity contribution is 0.0948. The SMILES string of the molecule is O=C(NCCCNCc1cccnc1)c1cc(-c2ccccc2)[nH]n1. The predicted molar refractivity (Wildman–Crippen MR) is 96.9 cm³/mol. The summed E-state index contributed by atoms with van der Waals surface area (Å²) >= 11 is 0. The van der Waals surface area contributed by atoms with Crippen LogP contribution >= 0.6 is 0 Å². The molecule has 6 heteroatoms. The molecule has 3 rings (SSSR count). The Hall–Kier alpha value is -2.99. The number of benzene rings is 1. The van der Waals surface area contributed by atoms with Gasteiger partial charge >= 0.3 is 0 Å². The maximum Gasteiger partial charge on any atom is 0.271 e. The summed E-state index contributed by atoms with van der Waals surface area (Å²) in [7, 11) is 0. The Bertz CT molecular complexity index is 786. The monoisotopic (exact) mass is 335 g/mol. The van der Waals surface area contributed by atoms with Gasteiger partial charge in [-0.05, 0) is 36.2 Å². The predicted octanol–water partition coefficient (Wildman–Crippen LogP) is 2.38. The van der Waals surface area contributed by atoms with Gasteiger partial charge in [0.25, 0.3) is 5.91 Å². The molecule has 1 aromatic carbocycles. The molecule has 3 N–H and O–H groups in total. The van der Waals surface area contributed by atoms with E-state index in [4.69, 9.17) is 0 Å². The van der Waals surface area contributed by atoms with Crippen LogP contribution in [-0.2, 0) is 6.54 Å². The lowest BCUT2D eigenvalue weighted by atomic mass is 10.1. The Morgan fingerprint density at radius 1 is 1.08 bits per heavy atom. The first kappa shape index (κ1) is 16.9. The molecular formula is C19H21N5O. The summed E-state index contributed by atoms with van der Waals surface area (Å²) in [6.07, 6.45) is 4.45. The molecule has 0 aliphatic carbocycles. The van der Waals surface area contributed by atoms with Crippen molar-refractivity contribution in [3.63, 3.8) is 0 Å². The third kappa shape index (κ3) is 4.99. The van der Waals surface area contributed by atoms with Crippen LogP contribution in [0.15, 0.2) is 60.9 Å². The van der Waals surface area contributed by atoms with Gasteiger partial charge in [0.2, 0.25) is 0 Å².